The molecule has 1 saturated carbocycles. The Kier molecular flexibility index (Phi) is 3.06. The first kappa shape index (κ1) is 13.5. The van der Waals surface area contributed by atoms with Gasteiger partial charge in [0.05, 0.1) is 18.1 Å². The fourth-order valence-electron chi connectivity index (χ4n) is 3.00. The maximum atomic E-state index is 12.2. The Morgan fingerprint density at radius 2 is 2.05 bits per heavy atom. The van der Waals surface area contributed by atoms with Gasteiger partial charge in [0.15, 0.2) is 0 Å². The average molecular weight is 282 g/mol. The summed E-state index contributed by atoms with van der Waals surface area (Å²) in [7, 11) is 0. The van der Waals surface area contributed by atoms with Gasteiger partial charge in [0.25, 0.3) is 0 Å². The van der Waals surface area contributed by atoms with Gasteiger partial charge in [-0.05, 0) is 19.8 Å². The van der Waals surface area contributed by atoms with Gasteiger partial charge in [0.1, 0.15) is 6.61 Å². The third kappa shape index (κ3) is 2.31. The van der Waals surface area contributed by atoms with E-state index in [-0.39, 0.29) is 36.9 Å². The zero-order valence-electron chi connectivity index (χ0n) is 11.4. The number of carboxylic acids is 1. The van der Waals surface area contributed by atoms with Crippen LogP contribution in [0, 0.1) is 0 Å². The summed E-state index contributed by atoms with van der Waals surface area (Å²) in [5.41, 5.74) is -0.533. The number of aliphatic carboxylic acids is 1. The van der Waals surface area contributed by atoms with Crippen molar-refractivity contribution in [2.45, 2.75) is 43.9 Å². The standard InChI is InChI=1S/C13H18N2O5/c1-13(20-5-11(17)18)6-14(7-13)9-4-10(16)15(12(9)19)8-2-3-8/h8-9H,2-7H2,1H3,(H,17,18). The van der Waals surface area contributed by atoms with Crippen molar-refractivity contribution in [2.75, 3.05) is 19.7 Å². The highest BCUT2D eigenvalue weighted by Gasteiger charge is 2.53. The highest BCUT2D eigenvalue weighted by atomic mass is 16.5. The number of carbonyl (C=O) groups excluding carboxylic acids is 2. The molecule has 1 unspecified atom stereocenters. The van der Waals surface area contributed by atoms with E-state index >= 15 is 0 Å². The molecule has 7 nitrogen and oxygen atoms in total. The van der Waals surface area contributed by atoms with E-state index < -0.39 is 11.6 Å². The maximum Gasteiger partial charge on any atom is 0.329 e. The smallest absolute Gasteiger partial charge is 0.329 e. The van der Waals surface area contributed by atoms with Crippen molar-refractivity contribution in [3.05, 3.63) is 0 Å². The summed E-state index contributed by atoms with van der Waals surface area (Å²) >= 11 is 0. The fraction of sp³-hybridized carbons (Fsp3) is 0.769. The molecule has 2 saturated heterocycles. The van der Waals surface area contributed by atoms with Gasteiger partial charge >= 0.3 is 5.97 Å². The number of hydrogen-bond donors (Lipinski definition) is 1. The lowest BCUT2D eigenvalue weighted by atomic mass is 9.93. The van der Waals surface area contributed by atoms with Crippen LogP contribution in [0.3, 0.4) is 0 Å². The minimum Gasteiger partial charge on any atom is -0.480 e. The van der Waals surface area contributed by atoms with Gasteiger partial charge in [-0.15, -0.1) is 0 Å². The molecule has 0 radical (unpaired) electrons. The second-order valence-corrected chi connectivity index (χ2v) is 6.09. The van der Waals surface area contributed by atoms with Crippen molar-refractivity contribution in [1.29, 1.82) is 0 Å². The van der Waals surface area contributed by atoms with Crippen molar-refractivity contribution in [2.24, 2.45) is 0 Å². The first-order valence-corrected chi connectivity index (χ1v) is 6.85. The van der Waals surface area contributed by atoms with Gasteiger partial charge in [0, 0.05) is 19.1 Å². The van der Waals surface area contributed by atoms with Crippen LogP contribution in [0.5, 0.6) is 0 Å². The predicted molar refractivity (Wildman–Crippen MR) is 66.8 cm³/mol. The molecule has 0 aromatic rings. The van der Waals surface area contributed by atoms with Crippen LogP contribution in [0.4, 0.5) is 0 Å². The second-order valence-electron chi connectivity index (χ2n) is 6.09. The van der Waals surface area contributed by atoms with Crippen LogP contribution < -0.4 is 0 Å². The van der Waals surface area contributed by atoms with Gasteiger partial charge in [-0.1, -0.05) is 0 Å². The van der Waals surface area contributed by atoms with Crippen molar-refractivity contribution < 1.29 is 24.2 Å². The minimum absolute atomic E-state index is 0.0810. The summed E-state index contributed by atoms with van der Waals surface area (Å²) < 4.78 is 5.31. The number of nitrogens with zero attached hydrogens (tertiary/aromatic N) is 2. The summed E-state index contributed by atoms with van der Waals surface area (Å²) in [6, 6.07) is -0.263. The molecule has 20 heavy (non-hydrogen) atoms. The van der Waals surface area contributed by atoms with E-state index in [1.54, 1.807) is 0 Å². The van der Waals surface area contributed by atoms with E-state index in [2.05, 4.69) is 0 Å². The molecule has 3 fully saturated rings. The van der Waals surface area contributed by atoms with Crippen LogP contribution in [0.25, 0.3) is 0 Å². The van der Waals surface area contributed by atoms with Crippen molar-refractivity contribution in [1.82, 2.24) is 9.80 Å². The minimum atomic E-state index is -1.00. The number of likely N-dealkylation sites (tertiary alicyclic amines) is 2. The lowest BCUT2D eigenvalue weighted by Gasteiger charge is -2.49. The molecule has 1 N–H and O–H groups in total. The van der Waals surface area contributed by atoms with Crippen LogP contribution in [-0.2, 0) is 19.1 Å². The summed E-state index contributed by atoms with van der Waals surface area (Å²) in [6.07, 6.45) is 2.08. The van der Waals surface area contributed by atoms with Gasteiger partial charge < -0.3 is 9.84 Å². The van der Waals surface area contributed by atoms with Gasteiger partial charge in [-0.3, -0.25) is 19.4 Å². The average Bonchev–Trinajstić information content (AvgIpc) is 3.10. The number of amides is 2. The lowest BCUT2D eigenvalue weighted by Crippen LogP contribution is -2.65. The highest BCUT2D eigenvalue weighted by molar-refractivity contribution is 6.06. The third-order valence-corrected chi connectivity index (χ3v) is 4.13. The molecule has 0 bridgehead atoms. The van der Waals surface area contributed by atoms with Crippen molar-refractivity contribution in [3.63, 3.8) is 0 Å². The summed E-state index contributed by atoms with van der Waals surface area (Å²) in [4.78, 5) is 37.9. The molecule has 3 rings (SSSR count). The molecule has 2 heterocycles. The Hall–Kier alpha value is -1.47. The first-order chi connectivity index (χ1) is 9.39. The molecule has 7 heteroatoms. The zero-order chi connectivity index (χ0) is 14.5. The summed E-state index contributed by atoms with van der Waals surface area (Å²) in [5.74, 6) is -1.18. The number of ether oxygens (including phenoxy) is 1. The summed E-state index contributed by atoms with van der Waals surface area (Å²) in [6.45, 7) is 2.47. The quantitative estimate of drug-likeness (QED) is 0.681. The summed E-state index contributed by atoms with van der Waals surface area (Å²) in [5, 5.41) is 8.61. The SMILES string of the molecule is CC1(OCC(=O)O)CN(C2CC(=O)N(C3CC3)C2=O)C1. The molecule has 0 spiro atoms. The Balaban J connectivity index is 1.56. The molecular weight excluding hydrogens is 264 g/mol. The number of carboxylic acid groups (broad SMARTS) is 1. The molecular formula is C13H18N2O5. The molecule has 2 aliphatic heterocycles. The number of carbonyl (C=O) groups is 3. The molecule has 0 aromatic heterocycles. The van der Waals surface area contributed by atoms with E-state index in [0.717, 1.165) is 12.8 Å². The third-order valence-electron chi connectivity index (χ3n) is 4.13. The van der Waals surface area contributed by atoms with Gasteiger partial charge in [-0.25, -0.2) is 4.79 Å². The molecule has 1 atom stereocenters. The van der Waals surface area contributed by atoms with Crippen LogP contribution in [0.2, 0.25) is 0 Å². The Labute approximate surface area is 116 Å². The largest absolute Gasteiger partial charge is 0.480 e. The lowest BCUT2D eigenvalue weighted by molar-refractivity contribution is -0.172. The highest BCUT2D eigenvalue weighted by Crippen LogP contribution is 2.36. The van der Waals surface area contributed by atoms with Crippen LogP contribution in [-0.4, -0.2) is 70.1 Å². The van der Waals surface area contributed by atoms with E-state index in [4.69, 9.17) is 9.84 Å². The topological polar surface area (TPSA) is 87.2 Å². The predicted octanol–water partition coefficient (Wildman–Crippen LogP) is -0.548. The van der Waals surface area contributed by atoms with Crippen molar-refractivity contribution in [3.8, 4) is 0 Å². The van der Waals surface area contributed by atoms with Crippen LogP contribution in [0.15, 0.2) is 0 Å². The van der Waals surface area contributed by atoms with E-state index in [1.165, 1.54) is 4.90 Å². The van der Waals surface area contributed by atoms with E-state index in [1.807, 2.05) is 11.8 Å². The number of imide groups is 1. The van der Waals surface area contributed by atoms with Crippen LogP contribution >= 0.6 is 0 Å². The fourth-order valence-corrected chi connectivity index (χ4v) is 3.00. The Morgan fingerprint density at radius 3 is 2.60 bits per heavy atom. The van der Waals surface area contributed by atoms with Gasteiger partial charge in [-0.2, -0.15) is 0 Å². The Morgan fingerprint density at radius 1 is 1.40 bits per heavy atom. The number of hydrogen-bond acceptors (Lipinski definition) is 5. The zero-order valence-corrected chi connectivity index (χ0v) is 11.4. The monoisotopic (exact) mass is 282 g/mol. The van der Waals surface area contributed by atoms with Crippen molar-refractivity contribution >= 4 is 17.8 Å². The first-order valence-electron chi connectivity index (χ1n) is 6.85. The molecule has 1 aliphatic carbocycles. The van der Waals surface area contributed by atoms with E-state index in [0.29, 0.717) is 13.1 Å². The maximum absolute atomic E-state index is 12.2. The Bertz CT molecular complexity index is 467. The molecule has 2 amide bonds. The van der Waals surface area contributed by atoms with Crippen LogP contribution in [0.1, 0.15) is 26.2 Å². The van der Waals surface area contributed by atoms with E-state index in [9.17, 15) is 14.4 Å². The number of rotatable bonds is 5. The molecule has 0 aromatic carbocycles. The molecule has 110 valence electrons. The van der Waals surface area contributed by atoms with Gasteiger partial charge in [0.2, 0.25) is 11.8 Å². The normalized spacial score (nSPS) is 29.6. The second kappa shape index (κ2) is 4.53. The molecule has 3 aliphatic rings.